The van der Waals surface area contributed by atoms with Crippen LogP contribution in [0, 0.1) is 6.92 Å². The molecule has 0 radical (unpaired) electrons. The number of aryl methyl sites for hydroxylation is 1. The van der Waals surface area contributed by atoms with Crippen molar-refractivity contribution in [3.63, 3.8) is 0 Å². The summed E-state index contributed by atoms with van der Waals surface area (Å²) in [6.07, 6.45) is 1.94. The maximum atomic E-state index is 12.7. The van der Waals surface area contributed by atoms with Crippen LogP contribution >= 0.6 is 0 Å². The van der Waals surface area contributed by atoms with Crippen LogP contribution in [-0.2, 0) is 9.84 Å². The Bertz CT molecular complexity index is 962. The largest absolute Gasteiger partial charge is 0.495 e. The second kappa shape index (κ2) is 7.51. The van der Waals surface area contributed by atoms with Crippen LogP contribution in [0.4, 0.5) is 11.6 Å². The molecule has 0 bridgehead atoms. The first-order valence-electron chi connectivity index (χ1n) is 8.51. The molecule has 8 nitrogen and oxygen atoms in total. The summed E-state index contributed by atoms with van der Waals surface area (Å²) in [5.74, 6) is 0.662. The number of amides is 1. The van der Waals surface area contributed by atoms with Crippen molar-refractivity contribution >= 4 is 27.4 Å². The van der Waals surface area contributed by atoms with Gasteiger partial charge in [-0.1, -0.05) is 6.07 Å². The summed E-state index contributed by atoms with van der Waals surface area (Å²) in [7, 11) is 0.105. The summed E-state index contributed by atoms with van der Waals surface area (Å²) in [5.41, 5.74) is 1.93. The number of benzene rings is 1. The smallest absolute Gasteiger partial charge is 0.272 e. The normalized spacial score (nSPS) is 18.1. The standard InChI is InChI=1S/C18H22N4O4S/c1-12-4-5-16(26-3)15(10-12)21-18-19-8-6-14(20-18)17(23)22(2)13-7-9-27(24,25)11-13/h4-6,8,10,13H,7,9,11H2,1-3H3,(H,19,20,21). The Labute approximate surface area is 158 Å². The molecule has 0 saturated carbocycles. The average Bonchev–Trinajstić information content (AvgIpc) is 3.01. The Balaban J connectivity index is 1.79. The molecule has 0 spiro atoms. The lowest BCUT2D eigenvalue weighted by Gasteiger charge is -2.23. The molecule has 1 aromatic carbocycles. The van der Waals surface area contributed by atoms with Crippen LogP contribution in [0.1, 0.15) is 22.5 Å². The highest BCUT2D eigenvalue weighted by molar-refractivity contribution is 7.91. The van der Waals surface area contributed by atoms with Crippen molar-refractivity contribution in [3.05, 3.63) is 41.7 Å². The van der Waals surface area contributed by atoms with Crippen LogP contribution in [0.15, 0.2) is 30.5 Å². The maximum absolute atomic E-state index is 12.7. The van der Waals surface area contributed by atoms with Gasteiger partial charge in [0, 0.05) is 19.3 Å². The number of nitrogens with zero attached hydrogens (tertiary/aromatic N) is 3. The van der Waals surface area contributed by atoms with Gasteiger partial charge < -0.3 is 15.0 Å². The van der Waals surface area contributed by atoms with E-state index in [4.69, 9.17) is 4.74 Å². The molecule has 1 N–H and O–H groups in total. The average molecular weight is 390 g/mol. The van der Waals surface area contributed by atoms with Crippen molar-refractivity contribution in [3.8, 4) is 5.75 Å². The van der Waals surface area contributed by atoms with E-state index >= 15 is 0 Å². The second-order valence-electron chi connectivity index (χ2n) is 6.57. The molecule has 1 atom stereocenters. The molecule has 3 rings (SSSR count). The van der Waals surface area contributed by atoms with Crippen LogP contribution in [-0.4, -0.2) is 60.9 Å². The first-order chi connectivity index (χ1) is 12.8. The summed E-state index contributed by atoms with van der Waals surface area (Å²) in [6, 6.07) is 6.84. The minimum atomic E-state index is -3.07. The number of aromatic nitrogens is 2. The fourth-order valence-corrected chi connectivity index (χ4v) is 4.78. The highest BCUT2D eigenvalue weighted by atomic mass is 32.2. The van der Waals surface area contributed by atoms with Gasteiger partial charge in [-0.3, -0.25) is 4.79 Å². The summed E-state index contributed by atoms with van der Waals surface area (Å²) < 4.78 is 28.7. The van der Waals surface area contributed by atoms with Gasteiger partial charge in [0.25, 0.3) is 5.91 Å². The van der Waals surface area contributed by atoms with E-state index in [2.05, 4.69) is 15.3 Å². The fraction of sp³-hybridized carbons (Fsp3) is 0.389. The summed E-state index contributed by atoms with van der Waals surface area (Å²) in [5, 5.41) is 3.07. The van der Waals surface area contributed by atoms with Gasteiger partial charge in [0.05, 0.1) is 24.3 Å². The van der Waals surface area contributed by atoms with Crippen molar-refractivity contribution in [2.45, 2.75) is 19.4 Å². The number of methoxy groups -OCH3 is 1. The first-order valence-corrected chi connectivity index (χ1v) is 10.3. The highest BCUT2D eigenvalue weighted by Gasteiger charge is 2.33. The molecular weight excluding hydrogens is 368 g/mol. The lowest BCUT2D eigenvalue weighted by molar-refractivity contribution is 0.0741. The minimum absolute atomic E-state index is 0.00801. The second-order valence-corrected chi connectivity index (χ2v) is 8.80. The van der Waals surface area contributed by atoms with Crippen LogP contribution in [0.5, 0.6) is 5.75 Å². The van der Waals surface area contributed by atoms with Crippen molar-refractivity contribution in [1.29, 1.82) is 0 Å². The summed E-state index contributed by atoms with van der Waals surface area (Å²) in [6.45, 7) is 1.95. The summed E-state index contributed by atoms with van der Waals surface area (Å²) >= 11 is 0. The number of sulfone groups is 1. The fourth-order valence-electron chi connectivity index (χ4n) is 3.01. The Hall–Kier alpha value is -2.68. The molecule has 2 heterocycles. The molecule has 0 aliphatic carbocycles. The number of ether oxygens (including phenoxy) is 1. The van der Waals surface area contributed by atoms with Gasteiger partial charge >= 0.3 is 0 Å². The lowest BCUT2D eigenvalue weighted by Crippen LogP contribution is -2.38. The molecule has 27 heavy (non-hydrogen) atoms. The molecule has 1 fully saturated rings. The van der Waals surface area contributed by atoms with Crippen LogP contribution in [0.2, 0.25) is 0 Å². The topological polar surface area (TPSA) is 101 Å². The van der Waals surface area contributed by atoms with Gasteiger partial charge in [-0.2, -0.15) is 0 Å². The van der Waals surface area contributed by atoms with E-state index in [0.29, 0.717) is 17.9 Å². The zero-order chi connectivity index (χ0) is 19.6. The van der Waals surface area contributed by atoms with Gasteiger partial charge in [0.1, 0.15) is 11.4 Å². The monoisotopic (exact) mass is 390 g/mol. The van der Waals surface area contributed by atoms with Gasteiger partial charge in [-0.05, 0) is 37.1 Å². The Morgan fingerprint density at radius 3 is 2.78 bits per heavy atom. The van der Waals surface area contributed by atoms with Crippen LogP contribution in [0.3, 0.4) is 0 Å². The van der Waals surface area contributed by atoms with E-state index in [1.54, 1.807) is 14.2 Å². The lowest BCUT2D eigenvalue weighted by atomic mass is 10.2. The van der Waals surface area contributed by atoms with Gasteiger partial charge in [0.2, 0.25) is 5.95 Å². The van der Waals surface area contributed by atoms with Gasteiger partial charge in [-0.15, -0.1) is 0 Å². The summed E-state index contributed by atoms with van der Waals surface area (Å²) in [4.78, 5) is 22.6. The van der Waals surface area contributed by atoms with Crippen LogP contribution in [0.25, 0.3) is 0 Å². The molecule has 1 aliphatic rings. The predicted octanol–water partition coefficient (Wildman–Crippen LogP) is 1.80. The van der Waals surface area contributed by atoms with Crippen LogP contribution < -0.4 is 10.1 Å². The van der Waals surface area contributed by atoms with Gasteiger partial charge in [0.15, 0.2) is 9.84 Å². The molecule has 144 valence electrons. The molecule has 2 aromatic rings. The number of anilines is 2. The number of carbonyl (C=O) groups is 1. The molecule has 1 aromatic heterocycles. The molecule has 1 unspecified atom stereocenters. The van der Waals surface area contributed by atoms with E-state index in [9.17, 15) is 13.2 Å². The molecule has 1 aliphatic heterocycles. The number of rotatable bonds is 5. The van der Waals surface area contributed by atoms with Crippen molar-refractivity contribution in [2.75, 3.05) is 31.0 Å². The van der Waals surface area contributed by atoms with E-state index in [0.717, 1.165) is 5.56 Å². The van der Waals surface area contributed by atoms with Gasteiger partial charge in [-0.25, -0.2) is 18.4 Å². The number of carbonyl (C=O) groups excluding carboxylic acids is 1. The maximum Gasteiger partial charge on any atom is 0.272 e. The van der Waals surface area contributed by atoms with E-state index < -0.39 is 9.84 Å². The predicted molar refractivity (Wildman–Crippen MR) is 102 cm³/mol. The van der Waals surface area contributed by atoms with Crippen molar-refractivity contribution in [2.24, 2.45) is 0 Å². The van der Waals surface area contributed by atoms with E-state index in [-0.39, 0.29) is 35.1 Å². The third kappa shape index (κ3) is 4.36. The highest BCUT2D eigenvalue weighted by Crippen LogP contribution is 2.27. The first kappa shape index (κ1) is 19.1. The SMILES string of the molecule is COc1ccc(C)cc1Nc1nccc(C(=O)N(C)C2CCS(=O)(=O)C2)n1. The third-order valence-corrected chi connectivity index (χ3v) is 6.30. The molecule has 1 amide bonds. The van der Waals surface area contributed by atoms with Crippen molar-refractivity contribution in [1.82, 2.24) is 14.9 Å². The zero-order valence-electron chi connectivity index (χ0n) is 15.5. The number of hydrogen-bond acceptors (Lipinski definition) is 7. The molecular formula is C18H22N4O4S. The Morgan fingerprint density at radius 1 is 1.33 bits per heavy atom. The zero-order valence-corrected chi connectivity index (χ0v) is 16.3. The Morgan fingerprint density at radius 2 is 2.11 bits per heavy atom. The van der Waals surface area contributed by atoms with E-state index in [1.165, 1.54) is 17.2 Å². The quantitative estimate of drug-likeness (QED) is 0.830. The van der Waals surface area contributed by atoms with Crippen molar-refractivity contribution < 1.29 is 17.9 Å². The molecule has 1 saturated heterocycles. The minimum Gasteiger partial charge on any atom is -0.495 e. The third-order valence-electron chi connectivity index (χ3n) is 4.55. The van der Waals surface area contributed by atoms with E-state index in [1.807, 2.05) is 25.1 Å². The molecule has 9 heteroatoms. The Kier molecular flexibility index (Phi) is 5.31. The number of nitrogens with one attached hydrogen (secondary N) is 1. The number of hydrogen-bond donors (Lipinski definition) is 1.